The molecule has 20 heavy (non-hydrogen) atoms. The molecular weight excluding hydrogens is 248 g/mol. The summed E-state index contributed by atoms with van der Waals surface area (Å²) in [6, 6.07) is 10.9. The summed E-state index contributed by atoms with van der Waals surface area (Å²) in [6.07, 6.45) is 6.48. The van der Waals surface area contributed by atoms with E-state index in [4.69, 9.17) is 0 Å². The number of nitrogens with zero attached hydrogens (tertiary/aromatic N) is 3. The molecule has 1 N–H and O–H groups in total. The lowest BCUT2D eigenvalue weighted by molar-refractivity contribution is 0.369. The lowest BCUT2D eigenvalue weighted by Crippen LogP contribution is -2.37. The number of hydrogen-bond donors (Lipinski definition) is 1. The molecule has 1 aromatic heterocycles. The van der Waals surface area contributed by atoms with E-state index >= 15 is 0 Å². The second kappa shape index (κ2) is 6.01. The van der Waals surface area contributed by atoms with E-state index in [1.807, 2.05) is 17.7 Å². The highest BCUT2D eigenvalue weighted by Gasteiger charge is 2.19. The molecular formula is C16H20N4. The maximum absolute atomic E-state index is 4.43. The third kappa shape index (κ3) is 3.14. The number of aryl methyl sites for hydroxylation is 2. The zero-order valence-electron chi connectivity index (χ0n) is 11.8. The van der Waals surface area contributed by atoms with E-state index in [9.17, 15) is 0 Å². The van der Waals surface area contributed by atoms with Crippen LogP contribution in [0, 0.1) is 6.92 Å². The highest BCUT2D eigenvalue weighted by atomic mass is 15.4. The average Bonchev–Trinajstić information content (AvgIpc) is 2.84. The monoisotopic (exact) mass is 268 g/mol. The van der Waals surface area contributed by atoms with Crippen LogP contribution in [0.15, 0.2) is 36.4 Å². The summed E-state index contributed by atoms with van der Waals surface area (Å²) in [5, 5.41) is 7.99. The van der Waals surface area contributed by atoms with Crippen molar-refractivity contribution in [3.63, 3.8) is 0 Å². The second-order valence-corrected chi connectivity index (χ2v) is 5.21. The molecule has 1 aliphatic rings. The number of fused-ring (bicyclic) bond motifs is 1. The first-order valence-corrected chi connectivity index (χ1v) is 7.16. The molecule has 1 unspecified atom stereocenters. The molecule has 0 aliphatic carbocycles. The van der Waals surface area contributed by atoms with Crippen LogP contribution in [0.25, 0.3) is 6.08 Å². The molecule has 4 heteroatoms. The molecule has 3 rings (SSSR count). The van der Waals surface area contributed by atoms with Crippen LogP contribution < -0.4 is 5.32 Å². The van der Waals surface area contributed by atoms with Gasteiger partial charge in [0.2, 0.25) is 0 Å². The molecule has 0 spiro atoms. The van der Waals surface area contributed by atoms with Crippen molar-refractivity contribution in [1.82, 2.24) is 20.1 Å². The fourth-order valence-corrected chi connectivity index (χ4v) is 2.59. The SMILES string of the molecule is Cc1nc2n(n1)CC(NC/C=C/c1ccccc1)CC2. The summed E-state index contributed by atoms with van der Waals surface area (Å²) in [4.78, 5) is 4.43. The zero-order valence-corrected chi connectivity index (χ0v) is 11.8. The van der Waals surface area contributed by atoms with Gasteiger partial charge in [0.25, 0.3) is 0 Å². The van der Waals surface area contributed by atoms with Crippen LogP contribution in [0.2, 0.25) is 0 Å². The van der Waals surface area contributed by atoms with Gasteiger partial charge in [0.1, 0.15) is 11.6 Å². The van der Waals surface area contributed by atoms with Crippen LogP contribution in [-0.2, 0) is 13.0 Å². The van der Waals surface area contributed by atoms with Crippen molar-refractivity contribution in [1.29, 1.82) is 0 Å². The lowest BCUT2D eigenvalue weighted by Gasteiger charge is -2.22. The Morgan fingerprint density at radius 1 is 1.35 bits per heavy atom. The van der Waals surface area contributed by atoms with Crippen molar-refractivity contribution in [2.24, 2.45) is 0 Å². The standard InChI is InChI=1S/C16H20N4/c1-13-18-16-10-9-15(12-20(16)19-13)17-11-5-8-14-6-3-2-4-7-14/h2-8,15,17H,9-12H2,1H3/b8-5+. The number of hydrogen-bond acceptors (Lipinski definition) is 3. The maximum Gasteiger partial charge on any atom is 0.147 e. The van der Waals surface area contributed by atoms with Gasteiger partial charge in [-0.2, -0.15) is 5.10 Å². The van der Waals surface area contributed by atoms with Crippen LogP contribution >= 0.6 is 0 Å². The summed E-state index contributed by atoms with van der Waals surface area (Å²) in [5.74, 6) is 2.00. The third-order valence-corrected chi connectivity index (χ3v) is 3.60. The van der Waals surface area contributed by atoms with Gasteiger partial charge in [-0.05, 0) is 18.9 Å². The summed E-state index contributed by atoms with van der Waals surface area (Å²) >= 11 is 0. The van der Waals surface area contributed by atoms with E-state index in [1.54, 1.807) is 0 Å². The summed E-state index contributed by atoms with van der Waals surface area (Å²) < 4.78 is 2.04. The Balaban J connectivity index is 1.49. The fraction of sp³-hybridized carbons (Fsp3) is 0.375. The first-order chi connectivity index (χ1) is 9.81. The molecule has 1 aromatic carbocycles. The Labute approximate surface area is 119 Å². The smallest absolute Gasteiger partial charge is 0.147 e. The number of nitrogens with one attached hydrogen (secondary N) is 1. The predicted octanol–water partition coefficient (Wildman–Crippen LogP) is 2.20. The van der Waals surface area contributed by atoms with Crippen molar-refractivity contribution in [3.05, 3.63) is 53.6 Å². The molecule has 1 atom stereocenters. The highest BCUT2D eigenvalue weighted by molar-refractivity contribution is 5.48. The minimum absolute atomic E-state index is 0.490. The van der Waals surface area contributed by atoms with Gasteiger partial charge in [0.15, 0.2) is 0 Å². The molecule has 0 bridgehead atoms. The number of benzene rings is 1. The Morgan fingerprint density at radius 2 is 2.20 bits per heavy atom. The van der Waals surface area contributed by atoms with Gasteiger partial charge in [-0.15, -0.1) is 0 Å². The average molecular weight is 268 g/mol. The largest absolute Gasteiger partial charge is 0.309 e. The van der Waals surface area contributed by atoms with E-state index in [0.29, 0.717) is 6.04 Å². The minimum Gasteiger partial charge on any atom is -0.309 e. The Kier molecular flexibility index (Phi) is 3.92. The maximum atomic E-state index is 4.43. The Morgan fingerprint density at radius 3 is 3.05 bits per heavy atom. The highest BCUT2D eigenvalue weighted by Crippen LogP contribution is 2.12. The van der Waals surface area contributed by atoms with Crippen molar-refractivity contribution in [3.8, 4) is 0 Å². The quantitative estimate of drug-likeness (QED) is 0.924. The van der Waals surface area contributed by atoms with Crippen molar-refractivity contribution in [2.45, 2.75) is 32.4 Å². The van der Waals surface area contributed by atoms with E-state index in [-0.39, 0.29) is 0 Å². The van der Waals surface area contributed by atoms with Crippen LogP contribution in [0.4, 0.5) is 0 Å². The lowest BCUT2D eigenvalue weighted by atomic mass is 10.1. The summed E-state index contributed by atoms with van der Waals surface area (Å²) in [6.45, 7) is 3.77. The van der Waals surface area contributed by atoms with E-state index in [2.05, 4.69) is 51.8 Å². The van der Waals surface area contributed by atoms with Crippen molar-refractivity contribution in [2.75, 3.05) is 6.54 Å². The Bertz CT molecular complexity index is 586. The summed E-state index contributed by atoms with van der Waals surface area (Å²) in [7, 11) is 0. The Hall–Kier alpha value is -1.94. The van der Waals surface area contributed by atoms with Gasteiger partial charge in [-0.25, -0.2) is 9.67 Å². The van der Waals surface area contributed by atoms with Crippen LogP contribution in [0.5, 0.6) is 0 Å². The van der Waals surface area contributed by atoms with Crippen LogP contribution in [0.3, 0.4) is 0 Å². The van der Waals surface area contributed by atoms with Crippen molar-refractivity contribution < 1.29 is 0 Å². The third-order valence-electron chi connectivity index (χ3n) is 3.60. The normalized spacial score (nSPS) is 18.4. The molecule has 0 radical (unpaired) electrons. The van der Waals surface area contributed by atoms with Crippen molar-refractivity contribution >= 4 is 6.08 Å². The number of rotatable bonds is 4. The van der Waals surface area contributed by atoms with E-state index < -0.39 is 0 Å². The molecule has 0 amide bonds. The fourth-order valence-electron chi connectivity index (χ4n) is 2.59. The minimum atomic E-state index is 0.490. The van der Waals surface area contributed by atoms with Gasteiger partial charge < -0.3 is 5.32 Å². The first-order valence-electron chi connectivity index (χ1n) is 7.16. The van der Waals surface area contributed by atoms with Gasteiger partial charge in [0.05, 0.1) is 6.54 Å². The van der Waals surface area contributed by atoms with Crippen LogP contribution in [0.1, 0.15) is 23.6 Å². The van der Waals surface area contributed by atoms with Gasteiger partial charge in [0, 0.05) is 19.0 Å². The van der Waals surface area contributed by atoms with Gasteiger partial charge in [-0.3, -0.25) is 0 Å². The van der Waals surface area contributed by atoms with E-state index in [0.717, 1.165) is 37.6 Å². The molecule has 2 aromatic rings. The molecule has 0 saturated carbocycles. The molecule has 104 valence electrons. The molecule has 1 aliphatic heterocycles. The zero-order chi connectivity index (χ0) is 13.8. The van der Waals surface area contributed by atoms with Crippen LogP contribution in [-0.4, -0.2) is 27.4 Å². The topological polar surface area (TPSA) is 42.7 Å². The predicted molar refractivity (Wildman–Crippen MR) is 80.3 cm³/mol. The summed E-state index contributed by atoms with van der Waals surface area (Å²) in [5.41, 5.74) is 1.24. The second-order valence-electron chi connectivity index (χ2n) is 5.21. The van der Waals surface area contributed by atoms with Gasteiger partial charge >= 0.3 is 0 Å². The van der Waals surface area contributed by atoms with Gasteiger partial charge in [-0.1, -0.05) is 42.5 Å². The number of aromatic nitrogens is 3. The molecule has 4 nitrogen and oxygen atoms in total. The molecule has 0 fully saturated rings. The van der Waals surface area contributed by atoms with E-state index in [1.165, 1.54) is 5.56 Å². The first kappa shape index (κ1) is 13.1. The molecule has 2 heterocycles. The molecule has 0 saturated heterocycles.